The molecule has 42 heavy (non-hydrogen) atoms. The molecule has 0 spiro atoms. The molecule has 0 aromatic carbocycles. The van der Waals surface area contributed by atoms with Gasteiger partial charge in [-0.3, -0.25) is 9.59 Å². The number of carbonyl (C=O) groups is 2. The van der Waals surface area contributed by atoms with E-state index in [1.807, 2.05) is 0 Å². The average molecular weight is 607 g/mol. The molecule has 0 aromatic heterocycles. The van der Waals surface area contributed by atoms with E-state index in [2.05, 4.69) is 13.8 Å². The molecule has 0 heterocycles. The molecule has 0 N–H and O–H groups in total. The van der Waals surface area contributed by atoms with E-state index in [1.165, 1.54) is 44.9 Å². The second-order valence-corrected chi connectivity index (χ2v) is 10.2. The highest BCUT2D eigenvalue weighted by atomic mass is 16.6. The lowest BCUT2D eigenvalue weighted by Gasteiger charge is -2.09. The molecule has 0 saturated heterocycles. The molecule has 0 rings (SSSR count). The Hall–Kier alpha value is -1.30. The minimum atomic E-state index is -0.159. The molecule has 0 aliphatic heterocycles. The number of ether oxygens (including phenoxy) is 8. The van der Waals surface area contributed by atoms with Crippen LogP contribution in [0.1, 0.15) is 104 Å². The third-order valence-electron chi connectivity index (χ3n) is 6.31. The second-order valence-electron chi connectivity index (χ2n) is 10.2. The number of rotatable bonds is 35. The molecule has 0 saturated carbocycles. The summed E-state index contributed by atoms with van der Waals surface area (Å²) in [6.07, 6.45) is 15.1. The van der Waals surface area contributed by atoms with Gasteiger partial charge >= 0.3 is 11.9 Å². The Morgan fingerprint density at radius 2 is 0.571 bits per heavy atom. The Labute approximate surface area is 255 Å². The summed E-state index contributed by atoms with van der Waals surface area (Å²) in [6, 6.07) is 0. The van der Waals surface area contributed by atoms with Crippen LogP contribution in [0.3, 0.4) is 0 Å². The summed E-state index contributed by atoms with van der Waals surface area (Å²) in [5.74, 6) is -0.296. The molecule has 10 heteroatoms. The normalized spacial score (nSPS) is 11.2. The summed E-state index contributed by atoms with van der Waals surface area (Å²) in [7, 11) is 0. The number of unbranched alkanes of at least 4 members (excludes halogenated alkanes) is 10. The topological polar surface area (TPSA) is 108 Å². The van der Waals surface area contributed by atoms with E-state index < -0.39 is 0 Å². The van der Waals surface area contributed by atoms with Crippen LogP contribution in [0.15, 0.2) is 0 Å². The lowest BCUT2D eigenvalue weighted by Crippen LogP contribution is -2.15. The number of esters is 2. The SMILES string of the molecule is CCCCCCCCCCCC(=O)OCCOCCOCCOCCOCCOCCOCCOC(=O)CCCCC. The highest BCUT2D eigenvalue weighted by Gasteiger charge is 2.03. The smallest absolute Gasteiger partial charge is 0.305 e. The van der Waals surface area contributed by atoms with Crippen LogP contribution in [0.2, 0.25) is 0 Å². The van der Waals surface area contributed by atoms with Gasteiger partial charge in [0.2, 0.25) is 0 Å². The van der Waals surface area contributed by atoms with Gasteiger partial charge in [0.1, 0.15) is 13.2 Å². The zero-order valence-electron chi connectivity index (χ0n) is 26.9. The predicted molar refractivity (Wildman–Crippen MR) is 163 cm³/mol. The van der Waals surface area contributed by atoms with Crippen molar-refractivity contribution < 1.29 is 47.5 Å². The van der Waals surface area contributed by atoms with E-state index in [9.17, 15) is 9.59 Å². The Morgan fingerprint density at radius 1 is 0.333 bits per heavy atom. The standard InChI is InChI=1S/C32H62O10/c1-3-5-7-8-9-10-11-12-14-16-32(34)42-30-28-40-26-24-38-22-20-36-18-17-35-19-21-37-23-25-39-27-29-41-31(33)15-13-6-4-2/h3-30H2,1-2H3. The number of carbonyl (C=O) groups excluding carboxylic acids is 2. The van der Waals surface area contributed by atoms with Crippen molar-refractivity contribution in [3.05, 3.63) is 0 Å². The molecule has 0 radical (unpaired) electrons. The van der Waals surface area contributed by atoms with Crippen LogP contribution in [0.25, 0.3) is 0 Å². The second kappa shape index (κ2) is 35.9. The molecule has 10 nitrogen and oxygen atoms in total. The van der Waals surface area contributed by atoms with Crippen LogP contribution in [0.5, 0.6) is 0 Å². The summed E-state index contributed by atoms with van der Waals surface area (Å²) in [5.41, 5.74) is 0. The molecule has 0 aromatic rings. The first-order valence-corrected chi connectivity index (χ1v) is 16.5. The maximum Gasteiger partial charge on any atom is 0.305 e. The molecular weight excluding hydrogens is 544 g/mol. The van der Waals surface area contributed by atoms with Crippen molar-refractivity contribution in [2.45, 2.75) is 104 Å². The fourth-order valence-corrected chi connectivity index (χ4v) is 3.87. The van der Waals surface area contributed by atoms with Crippen LogP contribution in [0, 0.1) is 0 Å². The van der Waals surface area contributed by atoms with Gasteiger partial charge in [-0.05, 0) is 12.8 Å². The van der Waals surface area contributed by atoms with Crippen LogP contribution in [-0.4, -0.2) is 104 Å². The lowest BCUT2D eigenvalue weighted by molar-refractivity contribution is -0.146. The van der Waals surface area contributed by atoms with Gasteiger partial charge in [0.25, 0.3) is 0 Å². The first kappa shape index (κ1) is 40.7. The zero-order valence-corrected chi connectivity index (χ0v) is 26.9. The monoisotopic (exact) mass is 606 g/mol. The minimum Gasteiger partial charge on any atom is -0.463 e. The van der Waals surface area contributed by atoms with Gasteiger partial charge in [-0.25, -0.2) is 0 Å². The Kier molecular flexibility index (Phi) is 34.8. The largest absolute Gasteiger partial charge is 0.463 e. The zero-order chi connectivity index (χ0) is 30.6. The van der Waals surface area contributed by atoms with Crippen molar-refractivity contribution in [3.8, 4) is 0 Å². The van der Waals surface area contributed by atoms with Gasteiger partial charge in [-0.1, -0.05) is 78.1 Å². The van der Waals surface area contributed by atoms with E-state index in [0.717, 1.165) is 32.1 Å². The summed E-state index contributed by atoms with van der Waals surface area (Å²) < 4.78 is 42.9. The first-order chi connectivity index (χ1) is 20.7. The first-order valence-electron chi connectivity index (χ1n) is 16.5. The Balaban J connectivity index is 3.15. The van der Waals surface area contributed by atoms with E-state index >= 15 is 0 Å². The molecule has 0 fully saturated rings. The molecule has 0 aliphatic carbocycles. The number of hydrogen-bond donors (Lipinski definition) is 0. The molecule has 0 atom stereocenters. The molecule has 0 aliphatic rings. The van der Waals surface area contributed by atoms with Crippen LogP contribution < -0.4 is 0 Å². The van der Waals surface area contributed by atoms with E-state index in [0.29, 0.717) is 92.1 Å². The lowest BCUT2D eigenvalue weighted by atomic mass is 10.1. The molecule has 0 bridgehead atoms. The fourth-order valence-electron chi connectivity index (χ4n) is 3.87. The fraction of sp³-hybridized carbons (Fsp3) is 0.938. The number of hydrogen-bond acceptors (Lipinski definition) is 10. The molecule has 0 unspecified atom stereocenters. The maximum absolute atomic E-state index is 11.7. The van der Waals surface area contributed by atoms with Crippen molar-refractivity contribution in [2.75, 3.05) is 92.5 Å². The third-order valence-corrected chi connectivity index (χ3v) is 6.31. The van der Waals surface area contributed by atoms with Gasteiger partial charge in [0, 0.05) is 12.8 Å². The highest BCUT2D eigenvalue weighted by Crippen LogP contribution is 2.10. The van der Waals surface area contributed by atoms with Gasteiger partial charge in [0.05, 0.1) is 79.3 Å². The molecule has 0 amide bonds. The Morgan fingerprint density at radius 3 is 0.905 bits per heavy atom. The quantitative estimate of drug-likeness (QED) is 0.0661. The summed E-state index contributed by atoms with van der Waals surface area (Å²) in [6.45, 7) is 10.4. The van der Waals surface area contributed by atoms with Gasteiger partial charge < -0.3 is 37.9 Å². The van der Waals surface area contributed by atoms with E-state index in [1.54, 1.807) is 0 Å². The summed E-state index contributed by atoms with van der Waals surface area (Å²) in [4.78, 5) is 23.2. The Bertz CT molecular complexity index is 561. The van der Waals surface area contributed by atoms with Crippen molar-refractivity contribution in [3.63, 3.8) is 0 Å². The van der Waals surface area contributed by atoms with E-state index in [4.69, 9.17) is 37.9 Å². The minimum absolute atomic E-state index is 0.137. The van der Waals surface area contributed by atoms with Crippen molar-refractivity contribution >= 4 is 11.9 Å². The third kappa shape index (κ3) is 34.9. The van der Waals surface area contributed by atoms with Crippen LogP contribution in [0.4, 0.5) is 0 Å². The van der Waals surface area contributed by atoms with Crippen LogP contribution in [-0.2, 0) is 47.5 Å². The molecule has 250 valence electrons. The average Bonchev–Trinajstić information content (AvgIpc) is 2.99. The highest BCUT2D eigenvalue weighted by molar-refractivity contribution is 5.69. The van der Waals surface area contributed by atoms with Gasteiger partial charge in [-0.2, -0.15) is 0 Å². The van der Waals surface area contributed by atoms with Crippen molar-refractivity contribution in [2.24, 2.45) is 0 Å². The molecular formula is C32H62O10. The predicted octanol–water partition coefficient (Wildman–Crippen LogP) is 5.67. The van der Waals surface area contributed by atoms with E-state index in [-0.39, 0.29) is 25.2 Å². The van der Waals surface area contributed by atoms with Crippen molar-refractivity contribution in [1.82, 2.24) is 0 Å². The van der Waals surface area contributed by atoms with Crippen molar-refractivity contribution in [1.29, 1.82) is 0 Å². The summed E-state index contributed by atoms with van der Waals surface area (Å²) in [5, 5.41) is 0. The van der Waals surface area contributed by atoms with Gasteiger partial charge in [-0.15, -0.1) is 0 Å². The maximum atomic E-state index is 11.7. The summed E-state index contributed by atoms with van der Waals surface area (Å²) >= 11 is 0. The van der Waals surface area contributed by atoms with Gasteiger partial charge in [0.15, 0.2) is 0 Å². The van der Waals surface area contributed by atoms with Crippen LogP contribution >= 0.6 is 0 Å².